The fourth-order valence-corrected chi connectivity index (χ4v) is 3.36. The number of halogens is 3. The molecular formula is C25H23F3N2O3. The molecule has 0 spiro atoms. The Kier molecular flexibility index (Phi) is 7.84. The van der Waals surface area contributed by atoms with E-state index in [1.807, 2.05) is 12.1 Å². The van der Waals surface area contributed by atoms with Crippen LogP contribution in [0.25, 0.3) is 0 Å². The molecule has 3 N–H and O–H groups in total. The molecule has 1 unspecified atom stereocenters. The molecule has 0 saturated carbocycles. The van der Waals surface area contributed by atoms with Crippen LogP contribution < -0.4 is 10.6 Å². The molecular weight excluding hydrogens is 433 g/mol. The quantitative estimate of drug-likeness (QED) is 0.485. The van der Waals surface area contributed by atoms with Gasteiger partial charge in [-0.15, -0.1) is 0 Å². The largest absolute Gasteiger partial charge is 0.416 e. The Morgan fingerprint density at radius 1 is 0.788 bits per heavy atom. The summed E-state index contributed by atoms with van der Waals surface area (Å²) in [6, 6.07) is 21.2. The van der Waals surface area contributed by atoms with Crippen LogP contribution in [0, 0.1) is 0 Å². The van der Waals surface area contributed by atoms with Crippen LogP contribution in [0.1, 0.15) is 28.2 Å². The molecule has 33 heavy (non-hydrogen) atoms. The highest BCUT2D eigenvalue weighted by Crippen LogP contribution is 2.29. The molecule has 1 atom stereocenters. The van der Waals surface area contributed by atoms with Gasteiger partial charge in [-0.25, -0.2) is 0 Å². The number of aliphatic hydroxyl groups excluding tert-OH is 1. The van der Waals surface area contributed by atoms with E-state index in [4.69, 9.17) is 0 Å². The predicted octanol–water partition coefficient (Wildman–Crippen LogP) is 3.63. The van der Waals surface area contributed by atoms with Crippen LogP contribution >= 0.6 is 0 Å². The molecule has 3 rings (SSSR count). The molecule has 0 fully saturated rings. The van der Waals surface area contributed by atoms with E-state index >= 15 is 0 Å². The topological polar surface area (TPSA) is 78.4 Å². The minimum atomic E-state index is -4.44. The standard InChI is InChI=1S/C25H23F3N2O3/c26-25(27,28)20-13-11-17(12-14-20)15-29-23(32)21(16-31)30-24(33)22(18-7-3-1-4-8-18)19-9-5-2-6-10-19/h1-14,21-22,31H,15-16H2,(H,29,32)(H,30,33). The third-order valence-electron chi connectivity index (χ3n) is 5.09. The number of alkyl halides is 3. The van der Waals surface area contributed by atoms with Gasteiger partial charge in [0.1, 0.15) is 6.04 Å². The molecule has 0 radical (unpaired) electrons. The van der Waals surface area contributed by atoms with E-state index in [9.17, 15) is 27.9 Å². The first-order valence-corrected chi connectivity index (χ1v) is 10.2. The maximum absolute atomic E-state index is 13.1. The Balaban J connectivity index is 1.68. The molecule has 0 heterocycles. The van der Waals surface area contributed by atoms with Crippen molar-refractivity contribution >= 4 is 11.8 Å². The summed E-state index contributed by atoms with van der Waals surface area (Å²) < 4.78 is 38.0. The lowest BCUT2D eigenvalue weighted by molar-refractivity contribution is -0.137. The number of benzene rings is 3. The Hall–Kier alpha value is -3.65. The van der Waals surface area contributed by atoms with Gasteiger partial charge in [-0.3, -0.25) is 9.59 Å². The first-order chi connectivity index (χ1) is 15.8. The van der Waals surface area contributed by atoms with Crippen LogP contribution in [0.15, 0.2) is 84.9 Å². The van der Waals surface area contributed by atoms with Crippen LogP contribution in [0.2, 0.25) is 0 Å². The normalized spacial score (nSPS) is 12.3. The predicted molar refractivity (Wildman–Crippen MR) is 117 cm³/mol. The number of carbonyl (C=O) groups excluding carboxylic acids is 2. The summed E-state index contributed by atoms with van der Waals surface area (Å²) in [6.45, 7) is -0.689. The van der Waals surface area contributed by atoms with E-state index < -0.39 is 42.1 Å². The van der Waals surface area contributed by atoms with Gasteiger partial charge in [0.15, 0.2) is 0 Å². The van der Waals surface area contributed by atoms with Crippen molar-refractivity contribution in [2.45, 2.75) is 24.7 Å². The number of carbonyl (C=O) groups is 2. The van der Waals surface area contributed by atoms with Crippen molar-refractivity contribution in [3.8, 4) is 0 Å². The van der Waals surface area contributed by atoms with Gasteiger partial charge >= 0.3 is 6.18 Å². The molecule has 0 aliphatic heterocycles. The van der Waals surface area contributed by atoms with Gasteiger partial charge in [0.25, 0.3) is 0 Å². The smallest absolute Gasteiger partial charge is 0.394 e. The maximum atomic E-state index is 13.1. The summed E-state index contributed by atoms with van der Waals surface area (Å²) >= 11 is 0. The van der Waals surface area contributed by atoms with Crippen LogP contribution in [0.4, 0.5) is 13.2 Å². The highest BCUT2D eigenvalue weighted by molar-refractivity contribution is 5.92. The molecule has 0 aliphatic carbocycles. The van der Waals surface area contributed by atoms with E-state index in [1.165, 1.54) is 12.1 Å². The molecule has 0 saturated heterocycles. The second-order valence-corrected chi connectivity index (χ2v) is 7.41. The van der Waals surface area contributed by atoms with Gasteiger partial charge < -0.3 is 15.7 Å². The number of amides is 2. The summed E-state index contributed by atoms with van der Waals surface area (Å²) in [5.41, 5.74) is 1.11. The average molecular weight is 456 g/mol. The van der Waals surface area contributed by atoms with Gasteiger partial charge in [0.2, 0.25) is 11.8 Å². The van der Waals surface area contributed by atoms with Crippen molar-refractivity contribution in [3.63, 3.8) is 0 Å². The zero-order valence-corrected chi connectivity index (χ0v) is 17.5. The molecule has 0 aromatic heterocycles. The lowest BCUT2D eigenvalue weighted by atomic mass is 9.90. The zero-order valence-electron chi connectivity index (χ0n) is 17.5. The van der Waals surface area contributed by atoms with Crippen LogP contribution in [-0.4, -0.2) is 29.6 Å². The van der Waals surface area contributed by atoms with Crippen LogP contribution in [-0.2, 0) is 22.3 Å². The van der Waals surface area contributed by atoms with Crippen molar-refractivity contribution < 1.29 is 27.9 Å². The second-order valence-electron chi connectivity index (χ2n) is 7.41. The molecule has 172 valence electrons. The van der Waals surface area contributed by atoms with E-state index in [0.717, 1.165) is 23.3 Å². The van der Waals surface area contributed by atoms with Crippen LogP contribution in [0.3, 0.4) is 0 Å². The van der Waals surface area contributed by atoms with E-state index in [-0.39, 0.29) is 6.54 Å². The highest BCUT2D eigenvalue weighted by Gasteiger charge is 2.30. The van der Waals surface area contributed by atoms with E-state index in [2.05, 4.69) is 10.6 Å². The van der Waals surface area contributed by atoms with Gasteiger partial charge in [-0.1, -0.05) is 72.8 Å². The molecule has 0 bridgehead atoms. The second kappa shape index (κ2) is 10.8. The molecule has 2 amide bonds. The van der Waals surface area contributed by atoms with Crippen molar-refractivity contribution in [1.29, 1.82) is 0 Å². The summed E-state index contributed by atoms with van der Waals surface area (Å²) in [5.74, 6) is -1.80. The summed E-state index contributed by atoms with van der Waals surface area (Å²) in [6.07, 6.45) is -4.44. The summed E-state index contributed by atoms with van der Waals surface area (Å²) in [5, 5.41) is 14.8. The van der Waals surface area contributed by atoms with Crippen molar-refractivity contribution in [2.24, 2.45) is 0 Å². The third kappa shape index (κ3) is 6.43. The van der Waals surface area contributed by atoms with Crippen molar-refractivity contribution in [3.05, 3.63) is 107 Å². The highest BCUT2D eigenvalue weighted by atomic mass is 19.4. The van der Waals surface area contributed by atoms with Gasteiger partial charge in [-0.2, -0.15) is 13.2 Å². The Morgan fingerprint density at radius 2 is 1.30 bits per heavy atom. The number of rotatable bonds is 8. The first-order valence-electron chi connectivity index (χ1n) is 10.2. The molecule has 0 aliphatic rings. The summed E-state index contributed by atoms with van der Waals surface area (Å²) in [4.78, 5) is 25.7. The fourth-order valence-electron chi connectivity index (χ4n) is 3.36. The number of hydrogen-bond donors (Lipinski definition) is 3. The average Bonchev–Trinajstić information content (AvgIpc) is 2.82. The van der Waals surface area contributed by atoms with Gasteiger partial charge in [-0.05, 0) is 28.8 Å². The molecule has 8 heteroatoms. The molecule has 3 aromatic carbocycles. The minimum Gasteiger partial charge on any atom is -0.394 e. The number of aliphatic hydroxyl groups is 1. The lowest BCUT2D eigenvalue weighted by Gasteiger charge is -2.22. The van der Waals surface area contributed by atoms with E-state index in [0.29, 0.717) is 5.56 Å². The fraction of sp³-hybridized carbons (Fsp3) is 0.200. The van der Waals surface area contributed by atoms with Crippen molar-refractivity contribution in [1.82, 2.24) is 10.6 Å². The SMILES string of the molecule is O=C(NCc1ccc(C(F)(F)F)cc1)C(CO)NC(=O)C(c1ccccc1)c1ccccc1. The van der Waals surface area contributed by atoms with Crippen molar-refractivity contribution in [2.75, 3.05) is 6.61 Å². The Labute approximate surface area is 189 Å². The first kappa shape index (κ1) is 24.0. The lowest BCUT2D eigenvalue weighted by Crippen LogP contribution is -2.50. The number of nitrogens with one attached hydrogen (secondary N) is 2. The Morgan fingerprint density at radius 3 is 1.76 bits per heavy atom. The Bertz CT molecular complexity index is 1020. The van der Waals surface area contributed by atoms with Crippen LogP contribution in [0.5, 0.6) is 0 Å². The molecule has 3 aromatic rings. The number of hydrogen-bond acceptors (Lipinski definition) is 3. The zero-order chi connectivity index (χ0) is 23.8. The third-order valence-corrected chi connectivity index (χ3v) is 5.09. The van der Waals surface area contributed by atoms with E-state index in [1.54, 1.807) is 48.5 Å². The minimum absolute atomic E-state index is 0.0514. The monoisotopic (exact) mass is 456 g/mol. The molecule has 5 nitrogen and oxygen atoms in total. The maximum Gasteiger partial charge on any atom is 0.416 e. The van der Waals surface area contributed by atoms with Gasteiger partial charge in [0, 0.05) is 6.54 Å². The summed E-state index contributed by atoms with van der Waals surface area (Å²) in [7, 11) is 0. The van der Waals surface area contributed by atoms with Gasteiger partial charge in [0.05, 0.1) is 18.1 Å².